The minimum Gasteiger partial charge on any atom is -0.391 e. The predicted octanol–water partition coefficient (Wildman–Crippen LogP) is 4.86. The van der Waals surface area contributed by atoms with Gasteiger partial charge in [0.2, 0.25) is 5.91 Å². The van der Waals surface area contributed by atoms with Gasteiger partial charge in [-0.2, -0.15) is 0 Å². The average Bonchev–Trinajstić information content (AvgIpc) is 3.02. The minimum absolute atomic E-state index is 0.0230. The highest BCUT2D eigenvalue weighted by atomic mass is 35.5. The zero-order chi connectivity index (χ0) is 32.1. The summed E-state index contributed by atoms with van der Waals surface area (Å²) >= 11 is 6.29. The third-order valence-electron chi connectivity index (χ3n) is 8.68. The first kappa shape index (κ1) is 33.2. The molecule has 6 atom stereocenters. The fraction of sp³-hybridized carbons (Fsp3) is 0.533. The van der Waals surface area contributed by atoms with Gasteiger partial charge in [0.1, 0.15) is 0 Å². The Labute approximate surface area is 253 Å². The summed E-state index contributed by atoms with van der Waals surface area (Å²) in [5, 5.41) is 26.3. The number of aliphatic hydroxyl groups is 2. The van der Waals surface area contributed by atoms with Crippen molar-refractivity contribution in [2.45, 2.75) is 75.2 Å². The number of sulfone groups is 1. The molecule has 2 saturated carbocycles. The molecule has 0 heterocycles. The molecule has 0 radical (unpaired) electrons. The van der Waals surface area contributed by atoms with E-state index >= 15 is 0 Å². The number of carbonyl (C=O) groups excluding carboxylic acids is 2. The molecule has 2 bridgehead atoms. The molecule has 13 heteroatoms. The van der Waals surface area contributed by atoms with Crippen LogP contribution in [0.4, 0.5) is 18.9 Å². The molecule has 2 aliphatic carbocycles. The summed E-state index contributed by atoms with van der Waals surface area (Å²) in [6.45, 7) is 7.11. The van der Waals surface area contributed by atoms with Gasteiger partial charge in [-0.15, -0.1) is 0 Å². The molecule has 2 aliphatic rings. The van der Waals surface area contributed by atoms with Gasteiger partial charge < -0.3 is 20.8 Å². The first-order chi connectivity index (χ1) is 19.8. The third kappa shape index (κ3) is 6.72. The van der Waals surface area contributed by atoms with Gasteiger partial charge in [-0.3, -0.25) is 9.59 Å². The molecule has 2 unspecified atom stereocenters. The Morgan fingerprint density at radius 1 is 1.09 bits per heavy atom. The highest BCUT2D eigenvalue weighted by Crippen LogP contribution is 2.56. The molecular formula is C30H36ClF3N2O6S. The van der Waals surface area contributed by atoms with Crippen LogP contribution in [-0.4, -0.2) is 53.9 Å². The summed E-state index contributed by atoms with van der Waals surface area (Å²) < 4.78 is 68.2. The second-order valence-corrected chi connectivity index (χ2v) is 15.4. The number of benzene rings is 2. The van der Waals surface area contributed by atoms with Gasteiger partial charge in [-0.05, 0) is 55.2 Å². The quantitative estimate of drug-likeness (QED) is 0.304. The van der Waals surface area contributed by atoms with Gasteiger partial charge in [0.05, 0.1) is 26.9 Å². The third-order valence-corrected chi connectivity index (χ3v) is 11.3. The van der Waals surface area contributed by atoms with Crippen LogP contribution in [0.1, 0.15) is 63.7 Å². The van der Waals surface area contributed by atoms with E-state index in [1.54, 1.807) is 20.8 Å². The molecule has 2 fully saturated rings. The Morgan fingerprint density at radius 3 is 2.30 bits per heavy atom. The topological polar surface area (TPSA) is 133 Å². The highest BCUT2D eigenvalue weighted by molar-refractivity contribution is 7.92. The lowest BCUT2D eigenvalue weighted by Gasteiger charge is -2.44. The van der Waals surface area contributed by atoms with Gasteiger partial charge in [-0.25, -0.2) is 21.6 Å². The summed E-state index contributed by atoms with van der Waals surface area (Å²) in [6, 6.07) is 4.75. The monoisotopic (exact) mass is 644 g/mol. The number of anilines is 1. The second-order valence-electron chi connectivity index (χ2n) is 12.8. The summed E-state index contributed by atoms with van der Waals surface area (Å²) in [5.41, 5.74) is -2.50. The van der Waals surface area contributed by atoms with Gasteiger partial charge >= 0.3 is 0 Å². The van der Waals surface area contributed by atoms with Crippen LogP contribution >= 0.6 is 11.6 Å². The zero-order valence-corrected chi connectivity index (χ0v) is 25.8. The molecule has 4 rings (SSSR count). The lowest BCUT2D eigenvalue weighted by Crippen LogP contribution is -2.52. The van der Waals surface area contributed by atoms with E-state index in [-0.39, 0.29) is 58.8 Å². The normalized spacial score (nSPS) is 26.2. The second kappa shape index (κ2) is 12.0. The molecule has 236 valence electrons. The molecule has 2 aromatic carbocycles. The number of aliphatic hydroxyl groups excluding tert-OH is 1. The zero-order valence-electron chi connectivity index (χ0n) is 24.3. The number of hydrogen-bond donors (Lipinski definition) is 4. The van der Waals surface area contributed by atoms with Crippen molar-refractivity contribution in [1.29, 1.82) is 0 Å². The molecule has 0 saturated heterocycles. The van der Waals surface area contributed by atoms with Crippen LogP contribution < -0.4 is 10.6 Å². The molecule has 2 aromatic rings. The van der Waals surface area contributed by atoms with Crippen molar-refractivity contribution in [2.24, 2.45) is 23.2 Å². The van der Waals surface area contributed by atoms with Crippen LogP contribution in [0.3, 0.4) is 0 Å². The van der Waals surface area contributed by atoms with E-state index < -0.39 is 67.4 Å². The van der Waals surface area contributed by atoms with Crippen LogP contribution in [0.25, 0.3) is 0 Å². The minimum atomic E-state index is -4.12. The van der Waals surface area contributed by atoms with Crippen molar-refractivity contribution in [3.8, 4) is 0 Å². The van der Waals surface area contributed by atoms with Crippen molar-refractivity contribution in [2.75, 3.05) is 11.9 Å². The molecule has 8 nitrogen and oxygen atoms in total. The van der Waals surface area contributed by atoms with E-state index in [4.69, 9.17) is 11.6 Å². The lowest BCUT2D eigenvalue weighted by molar-refractivity contribution is -0.130. The number of rotatable bonds is 8. The van der Waals surface area contributed by atoms with Crippen LogP contribution in [0.15, 0.2) is 35.2 Å². The summed E-state index contributed by atoms with van der Waals surface area (Å²) in [5.74, 6) is -6.75. The molecule has 43 heavy (non-hydrogen) atoms. The van der Waals surface area contributed by atoms with Gasteiger partial charge in [0.15, 0.2) is 27.3 Å². The van der Waals surface area contributed by atoms with Gasteiger partial charge in [0, 0.05) is 41.8 Å². The van der Waals surface area contributed by atoms with Crippen molar-refractivity contribution >= 4 is 38.9 Å². The van der Waals surface area contributed by atoms with E-state index in [1.165, 1.54) is 12.1 Å². The van der Waals surface area contributed by atoms with Crippen LogP contribution in [-0.2, 0) is 14.6 Å². The van der Waals surface area contributed by atoms with Crippen LogP contribution in [0, 0.1) is 40.6 Å². The smallest absolute Gasteiger partial charge is 0.255 e. The molecule has 2 amide bonds. The molecule has 0 spiro atoms. The maximum absolute atomic E-state index is 13.9. The highest BCUT2D eigenvalue weighted by Gasteiger charge is 2.58. The first-order valence-electron chi connectivity index (χ1n) is 14.0. The van der Waals surface area contributed by atoms with Crippen molar-refractivity contribution in [3.63, 3.8) is 0 Å². The van der Waals surface area contributed by atoms with Crippen molar-refractivity contribution in [1.82, 2.24) is 5.32 Å². The van der Waals surface area contributed by atoms with Crippen molar-refractivity contribution in [3.05, 3.63) is 58.4 Å². The number of amides is 2. The molecular weight excluding hydrogens is 609 g/mol. The summed E-state index contributed by atoms with van der Waals surface area (Å²) in [7, 11) is -4.12. The number of nitrogens with one attached hydrogen (secondary N) is 2. The molecule has 0 aromatic heterocycles. The van der Waals surface area contributed by atoms with Crippen LogP contribution in [0.5, 0.6) is 0 Å². The lowest BCUT2D eigenvalue weighted by atomic mass is 9.70. The number of halogens is 4. The van der Waals surface area contributed by atoms with Crippen LogP contribution in [0.2, 0.25) is 5.02 Å². The Bertz CT molecular complexity index is 1510. The van der Waals surface area contributed by atoms with Gasteiger partial charge in [-0.1, -0.05) is 39.3 Å². The molecule has 0 aliphatic heterocycles. The SMILES string of the molecule is C[C@H]1CC2C[C@@H](S(=O)(=O)c3cc(C(=O)Nc4cc(F)c(F)c(F)c4)ccc3Cl)C[C@H]1[C@@]2(O)CC(O)CNC(=O)C(C)(C)C. The standard InChI is InChI=1S/C30H36ClF3N2O6S/c1-15-7-17-9-20(12-21(15)30(17,40)13-19(37)14-35-28(39)29(2,3)4)43(41,42)25-8-16(5-6-22(25)31)27(38)36-18-10-23(32)26(34)24(33)11-18/h5-6,8,10-11,15,17,19-21,37,40H,7,9,12-14H2,1-4H3,(H,35,39)(H,36,38)/t15-,17?,19?,20+,21+,30+/m0/s1. The van der Waals surface area contributed by atoms with Gasteiger partial charge in [0.25, 0.3) is 5.91 Å². The Balaban J connectivity index is 1.51. The van der Waals surface area contributed by atoms with Crippen molar-refractivity contribution < 1.29 is 41.4 Å². The Hall–Kier alpha value is -2.67. The largest absolute Gasteiger partial charge is 0.391 e. The van der Waals surface area contributed by atoms with E-state index in [0.29, 0.717) is 18.6 Å². The number of carbonyl (C=O) groups is 2. The van der Waals surface area contributed by atoms with E-state index in [9.17, 15) is 41.4 Å². The van der Waals surface area contributed by atoms with E-state index in [2.05, 4.69) is 10.6 Å². The summed E-state index contributed by atoms with van der Waals surface area (Å²) in [4.78, 5) is 24.7. The predicted molar refractivity (Wildman–Crippen MR) is 155 cm³/mol. The maximum Gasteiger partial charge on any atom is 0.255 e. The first-order valence-corrected chi connectivity index (χ1v) is 15.9. The Morgan fingerprint density at radius 2 is 1.72 bits per heavy atom. The number of fused-ring (bicyclic) bond motifs is 2. The average molecular weight is 645 g/mol. The number of hydrogen-bond acceptors (Lipinski definition) is 6. The van der Waals surface area contributed by atoms with E-state index in [0.717, 1.165) is 6.07 Å². The Kier molecular flexibility index (Phi) is 9.29. The fourth-order valence-corrected chi connectivity index (χ4v) is 8.79. The maximum atomic E-state index is 13.9. The molecule has 4 N–H and O–H groups in total. The van der Waals surface area contributed by atoms with E-state index in [1.807, 2.05) is 6.92 Å². The summed E-state index contributed by atoms with van der Waals surface area (Å²) in [6.07, 6.45) is -0.312. The fourth-order valence-electron chi connectivity index (χ4n) is 6.42.